The number of anilines is 1. The maximum atomic E-state index is 15.2. The van der Waals surface area contributed by atoms with Gasteiger partial charge in [0.05, 0.1) is 30.0 Å². The summed E-state index contributed by atoms with van der Waals surface area (Å²) in [6.45, 7) is 0. The number of amides is 2. The van der Waals surface area contributed by atoms with E-state index < -0.39 is 35.0 Å². The Bertz CT molecular complexity index is 2750. The van der Waals surface area contributed by atoms with Crippen molar-refractivity contribution in [3.63, 3.8) is 0 Å². The Labute approximate surface area is 340 Å². The lowest BCUT2D eigenvalue weighted by molar-refractivity contribution is -0.135. The first kappa shape index (κ1) is 36.2. The molecule has 6 atom stereocenters. The molecule has 290 valence electrons. The number of nitrogens with zero attached hydrogens (tertiary/aromatic N) is 2. The van der Waals surface area contributed by atoms with E-state index in [9.17, 15) is 14.7 Å². The molecule has 9 nitrogen and oxygen atoms in total. The van der Waals surface area contributed by atoms with Crippen LogP contribution in [0.2, 0.25) is 0 Å². The van der Waals surface area contributed by atoms with Gasteiger partial charge in [-0.05, 0) is 90.1 Å². The molecule has 10 rings (SSSR count). The smallest absolute Gasteiger partial charge is 0.238 e. The van der Waals surface area contributed by atoms with Gasteiger partial charge in [0, 0.05) is 23.0 Å². The normalized spacial score (nSPS) is 25.1. The molecular formula is C50H38N2O7. The number of ketones is 2. The second kappa shape index (κ2) is 14.1. The summed E-state index contributed by atoms with van der Waals surface area (Å²) >= 11 is 0. The molecule has 9 heteroatoms. The SMILES string of the molecule is COc1cc(C=C[C@H]2C3=CC[C@@H]4C(=O)N(c5ccc(-c6nc7ccccc7o6)cc5)C(=O)[C@@H]4[C@@H]3C[C@H]3C(=O)C(c4ccccc4)=CC(=O)[C@@]23c2ccccc2)ccc1O. The topological polar surface area (TPSA) is 127 Å². The number of oxazole rings is 1. The van der Waals surface area contributed by atoms with Crippen LogP contribution in [0.1, 0.15) is 29.5 Å². The van der Waals surface area contributed by atoms with Crippen molar-refractivity contribution in [1.29, 1.82) is 0 Å². The number of benzene rings is 5. The second-order valence-corrected chi connectivity index (χ2v) is 15.7. The largest absolute Gasteiger partial charge is 0.504 e. The van der Waals surface area contributed by atoms with E-state index in [0.29, 0.717) is 57.2 Å². The number of methoxy groups -OCH3 is 1. The highest BCUT2D eigenvalue weighted by molar-refractivity contribution is 6.31. The fourth-order valence-electron chi connectivity index (χ4n) is 10.1. The summed E-state index contributed by atoms with van der Waals surface area (Å²) in [7, 11) is 1.48. The minimum absolute atomic E-state index is 0.00864. The van der Waals surface area contributed by atoms with Crippen molar-refractivity contribution in [2.75, 3.05) is 12.0 Å². The van der Waals surface area contributed by atoms with Gasteiger partial charge in [-0.2, -0.15) is 0 Å². The minimum Gasteiger partial charge on any atom is -0.504 e. The molecule has 59 heavy (non-hydrogen) atoms. The van der Waals surface area contributed by atoms with E-state index in [0.717, 1.165) is 11.1 Å². The quantitative estimate of drug-likeness (QED) is 0.126. The maximum Gasteiger partial charge on any atom is 0.238 e. The summed E-state index contributed by atoms with van der Waals surface area (Å²) in [5.74, 6) is -3.66. The lowest BCUT2D eigenvalue weighted by atomic mass is 9.45. The van der Waals surface area contributed by atoms with E-state index >= 15 is 9.59 Å². The predicted octanol–water partition coefficient (Wildman–Crippen LogP) is 8.78. The fourth-order valence-corrected chi connectivity index (χ4v) is 10.1. The van der Waals surface area contributed by atoms with Crippen molar-refractivity contribution in [3.8, 4) is 23.0 Å². The van der Waals surface area contributed by atoms with Crippen LogP contribution < -0.4 is 9.64 Å². The van der Waals surface area contributed by atoms with Gasteiger partial charge in [0.25, 0.3) is 0 Å². The van der Waals surface area contributed by atoms with Crippen LogP contribution in [-0.4, -0.2) is 40.6 Å². The first-order valence-corrected chi connectivity index (χ1v) is 19.8. The van der Waals surface area contributed by atoms with Gasteiger partial charge in [0.1, 0.15) is 5.52 Å². The number of carbonyl (C=O) groups is 4. The molecule has 0 radical (unpaired) electrons. The predicted molar refractivity (Wildman–Crippen MR) is 223 cm³/mol. The van der Waals surface area contributed by atoms with Crippen molar-refractivity contribution in [2.45, 2.75) is 18.3 Å². The summed E-state index contributed by atoms with van der Waals surface area (Å²) in [5.41, 5.74) is 4.48. The number of carbonyl (C=O) groups excluding carboxylic acids is 4. The van der Waals surface area contributed by atoms with Gasteiger partial charge in [-0.1, -0.05) is 103 Å². The number of allylic oxidation sites excluding steroid dienone is 5. The number of imide groups is 1. The van der Waals surface area contributed by atoms with Gasteiger partial charge >= 0.3 is 0 Å². The zero-order valence-electron chi connectivity index (χ0n) is 32.0. The van der Waals surface area contributed by atoms with Crippen LogP contribution in [0.5, 0.6) is 11.5 Å². The Morgan fingerprint density at radius 3 is 2.29 bits per heavy atom. The number of phenolic OH excluding ortho intramolecular Hbond substituents is 1. The van der Waals surface area contributed by atoms with Gasteiger partial charge in [-0.25, -0.2) is 4.98 Å². The van der Waals surface area contributed by atoms with Crippen molar-refractivity contribution in [2.24, 2.45) is 29.6 Å². The second-order valence-electron chi connectivity index (χ2n) is 15.7. The summed E-state index contributed by atoms with van der Waals surface area (Å²) < 4.78 is 11.4. The number of ether oxygens (including phenoxy) is 1. The van der Waals surface area contributed by atoms with Crippen molar-refractivity contribution in [1.82, 2.24) is 4.98 Å². The highest BCUT2D eigenvalue weighted by Gasteiger charge is 2.65. The number of phenols is 1. The highest BCUT2D eigenvalue weighted by atomic mass is 16.5. The van der Waals surface area contributed by atoms with Gasteiger partial charge in [0.15, 0.2) is 28.6 Å². The number of fused-ring (bicyclic) bond motifs is 5. The number of aromatic nitrogens is 1. The number of aromatic hydroxyl groups is 1. The van der Waals surface area contributed by atoms with Gasteiger partial charge in [0.2, 0.25) is 17.7 Å². The molecule has 1 saturated carbocycles. The number of rotatable bonds is 7. The van der Waals surface area contributed by atoms with E-state index in [1.165, 1.54) is 18.1 Å². The van der Waals surface area contributed by atoms with E-state index in [1.807, 2.05) is 103 Å². The Morgan fingerprint density at radius 1 is 0.814 bits per heavy atom. The third-order valence-corrected chi connectivity index (χ3v) is 12.8. The zero-order valence-corrected chi connectivity index (χ0v) is 32.0. The molecule has 1 aliphatic heterocycles. The average molecular weight is 779 g/mol. The number of hydrogen-bond acceptors (Lipinski definition) is 8. The van der Waals surface area contributed by atoms with Crippen molar-refractivity contribution < 1.29 is 33.4 Å². The van der Waals surface area contributed by atoms with Crippen molar-refractivity contribution in [3.05, 3.63) is 168 Å². The monoisotopic (exact) mass is 778 g/mol. The molecule has 2 amide bonds. The van der Waals surface area contributed by atoms with Gasteiger partial charge < -0.3 is 14.3 Å². The van der Waals surface area contributed by atoms with E-state index in [2.05, 4.69) is 4.98 Å². The summed E-state index contributed by atoms with van der Waals surface area (Å²) in [5, 5.41) is 10.3. The molecule has 5 aromatic carbocycles. The number of para-hydroxylation sites is 2. The van der Waals surface area contributed by atoms with E-state index in [4.69, 9.17) is 9.15 Å². The molecular weight excluding hydrogens is 741 g/mol. The van der Waals surface area contributed by atoms with Gasteiger partial charge in [-0.15, -0.1) is 0 Å². The van der Waals surface area contributed by atoms with Crippen LogP contribution in [0.15, 0.2) is 156 Å². The van der Waals surface area contributed by atoms with Crippen molar-refractivity contribution >= 4 is 51.8 Å². The summed E-state index contributed by atoms with van der Waals surface area (Å²) in [4.78, 5) is 65.4. The first-order valence-electron chi connectivity index (χ1n) is 19.8. The molecule has 0 unspecified atom stereocenters. The van der Waals surface area contributed by atoms with Crippen LogP contribution >= 0.6 is 0 Å². The van der Waals surface area contributed by atoms with Crippen LogP contribution in [0, 0.1) is 29.6 Å². The summed E-state index contributed by atoms with van der Waals surface area (Å²) in [6, 6.07) is 38.2. The van der Waals surface area contributed by atoms with E-state index in [-0.39, 0.29) is 35.6 Å². The molecule has 1 N–H and O–H groups in total. The van der Waals surface area contributed by atoms with Gasteiger partial charge in [-0.3, -0.25) is 24.1 Å². The minimum atomic E-state index is -1.34. The molecule has 1 saturated heterocycles. The Kier molecular flexibility index (Phi) is 8.63. The molecule has 0 bridgehead atoms. The average Bonchev–Trinajstić information content (AvgIpc) is 3.82. The standard InChI is InChI=1S/C50H38N2O7/c1-58-43-26-29(17-25-41(43)53)16-24-38-34-22-23-35-45(49(57)52(48(35)56)33-20-18-31(19-21-33)47-51-40-14-8-9-15-42(40)59-47)37(34)27-39-46(55)36(30-10-4-2-5-11-30)28-44(54)50(38,39)32-12-6-3-7-13-32/h2-22,24-26,28,35,37-39,45,53H,23,27H2,1H3/t35-,37+,38-,39-,45-,50-/m0/s1. The molecule has 2 fully saturated rings. The van der Waals surface area contributed by atoms with Crippen LogP contribution in [0.25, 0.3) is 34.2 Å². The molecule has 2 heterocycles. The zero-order chi connectivity index (χ0) is 40.4. The highest BCUT2D eigenvalue weighted by Crippen LogP contribution is 2.61. The van der Waals surface area contributed by atoms with Crippen LogP contribution in [0.4, 0.5) is 5.69 Å². The molecule has 3 aliphatic carbocycles. The first-order chi connectivity index (χ1) is 28.8. The molecule has 0 spiro atoms. The Morgan fingerprint density at radius 2 is 1.54 bits per heavy atom. The molecule has 1 aromatic heterocycles. The van der Waals surface area contributed by atoms with Crippen LogP contribution in [-0.2, 0) is 24.6 Å². The maximum absolute atomic E-state index is 15.2. The van der Waals surface area contributed by atoms with E-state index in [1.54, 1.807) is 42.5 Å². The third-order valence-electron chi connectivity index (χ3n) is 12.8. The van der Waals surface area contributed by atoms with Crippen LogP contribution in [0.3, 0.4) is 0 Å². The fraction of sp³-hybridized carbons (Fsp3) is 0.180. The molecule has 6 aromatic rings. The summed E-state index contributed by atoms with van der Waals surface area (Å²) in [6.07, 6.45) is 7.90. The molecule has 4 aliphatic rings. The Balaban J connectivity index is 1.08. The third kappa shape index (κ3) is 5.63. The lowest BCUT2D eigenvalue weighted by Gasteiger charge is -2.54. The Hall–Kier alpha value is -7.13. The lowest BCUT2D eigenvalue weighted by Crippen LogP contribution is -2.59. The number of Topliss-reactive ketones (excluding diaryl/α,β-unsaturated/α-hetero) is 1. The number of hydrogen-bond donors (Lipinski definition) is 1.